The first-order valence-electron chi connectivity index (χ1n) is 7.50. The van der Waals surface area contributed by atoms with Crippen LogP contribution in [-0.4, -0.2) is 11.2 Å². The molecule has 0 aromatic heterocycles. The molecule has 1 fully saturated rings. The van der Waals surface area contributed by atoms with Gasteiger partial charge in [0, 0.05) is 11.7 Å². The number of anilines is 1. The molecule has 0 atom stereocenters. The smallest absolute Gasteiger partial charge is 0.170 e. The Morgan fingerprint density at radius 1 is 1.00 bits per heavy atom. The molecule has 0 spiro atoms. The van der Waals surface area contributed by atoms with Crippen LogP contribution in [0.25, 0.3) is 0 Å². The number of hydrogen-bond donors (Lipinski definition) is 2. The van der Waals surface area contributed by atoms with Gasteiger partial charge in [0.25, 0.3) is 0 Å². The van der Waals surface area contributed by atoms with Gasteiger partial charge in [-0.15, -0.1) is 0 Å². The molecule has 2 nitrogen and oxygen atoms in total. The summed E-state index contributed by atoms with van der Waals surface area (Å²) in [6, 6.07) is 7.23. The van der Waals surface area contributed by atoms with Gasteiger partial charge in [-0.25, -0.2) is 0 Å². The second-order valence-corrected chi connectivity index (χ2v) is 6.18. The molecule has 0 bridgehead atoms. The Bertz CT molecular complexity index is 464. The van der Waals surface area contributed by atoms with Gasteiger partial charge < -0.3 is 10.6 Å². The minimum Gasteiger partial charge on any atom is -0.360 e. The van der Waals surface area contributed by atoms with Crippen molar-refractivity contribution in [1.29, 1.82) is 0 Å². The van der Waals surface area contributed by atoms with Gasteiger partial charge in [-0.1, -0.05) is 25.3 Å². The van der Waals surface area contributed by atoms with E-state index in [0.717, 1.165) is 10.8 Å². The van der Waals surface area contributed by atoms with Gasteiger partial charge in [0.05, 0.1) is 0 Å². The predicted molar refractivity (Wildman–Crippen MR) is 84.7 cm³/mol. The van der Waals surface area contributed by atoms with Crippen LogP contribution < -0.4 is 10.6 Å². The average molecular weight is 274 g/mol. The van der Waals surface area contributed by atoms with Gasteiger partial charge in [0.15, 0.2) is 5.11 Å². The summed E-state index contributed by atoms with van der Waals surface area (Å²) in [5, 5.41) is 7.58. The van der Waals surface area contributed by atoms with E-state index in [4.69, 9.17) is 12.2 Å². The van der Waals surface area contributed by atoms with Crippen molar-refractivity contribution in [3.05, 3.63) is 29.3 Å². The van der Waals surface area contributed by atoms with Crippen molar-refractivity contribution in [2.45, 2.75) is 57.4 Å². The Morgan fingerprint density at radius 2 is 1.79 bits per heavy atom. The van der Waals surface area contributed by atoms with E-state index in [1.165, 1.54) is 62.5 Å². The molecule has 3 heteroatoms. The molecule has 0 heterocycles. The number of thiocarbonyl (C=S) groups is 1. The van der Waals surface area contributed by atoms with Crippen LogP contribution in [0.5, 0.6) is 0 Å². The van der Waals surface area contributed by atoms with Crippen LogP contribution in [0.3, 0.4) is 0 Å². The van der Waals surface area contributed by atoms with Gasteiger partial charge in [0.2, 0.25) is 0 Å². The van der Waals surface area contributed by atoms with E-state index in [1.807, 2.05) is 0 Å². The van der Waals surface area contributed by atoms with E-state index in [9.17, 15) is 0 Å². The molecule has 1 saturated carbocycles. The fourth-order valence-corrected chi connectivity index (χ4v) is 3.53. The van der Waals surface area contributed by atoms with E-state index in [2.05, 4.69) is 28.8 Å². The molecule has 2 N–H and O–H groups in total. The van der Waals surface area contributed by atoms with Crippen LogP contribution in [0, 0.1) is 0 Å². The van der Waals surface area contributed by atoms with Crippen LogP contribution in [0.2, 0.25) is 0 Å². The van der Waals surface area contributed by atoms with Crippen molar-refractivity contribution in [2.24, 2.45) is 0 Å². The fourth-order valence-electron chi connectivity index (χ4n) is 3.25. The van der Waals surface area contributed by atoms with E-state index < -0.39 is 0 Å². The van der Waals surface area contributed by atoms with Crippen LogP contribution in [0.1, 0.15) is 49.7 Å². The minimum absolute atomic E-state index is 0.572. The number of hydrogen-bond acceptors (Lipinski definition) is 1. The quantitative estimate of drug-likeness (QED) is 0.802. The van der Waals surface area contributed by atoms with Crippen molar-refractivity contribution in [3.8, 4) is 0 Å². The lowest BCUT2D eigenvalue weighted by atomic mass is 9.96. The number of aryl methyl sites for hydroxylation is 2. The van der Waals surface area contributed by atoms with Crippen molar-refractivity contribution in [3.63, 3.8) is 0 Å². The standard InChI is InChI=1S/C16H22N2S/c19-16(17-14-7-2-1-3-8-14)18-15-10-9-12-5-4-6-13(12)11-15/h9-11,14H,1-8H2,(H2,17,18,19). The Hall–Kier alpha value is -1.09. The zero-order valence-corrected chi connectivity index (χ0v) is 12.2. The Morgan fingerprint density at radius 3 is 2.63 bits per heavy atom. The van der Waals surface area contributed by atoms with E-state index in [1.54, 1.807) is 0 Å². The highest BCUT2D eigenvalue weighted by Gasteiger charge is 2.15. The monoisotopic (exact) mass is 274 g/mol. The van der Waals surface area contributed by atoms with Gasteiger partial charge in [-0.05, 0) is 67.6 Å². The molecule has 0 unspecified atom stereocenters. The Kier molecular flexibility index (Phi) is 4.02. The molecule has 0 aliphatic heterocycles. The summed E-state index contributed by atoms with van der Waals surface area (Å²) in [4.78, 5) is 0. The van der Waals surface area contributed by atoms with Gasteiger partial charge in [0.1, 0.15) is 0 Å². The van der Waals surface area contributed by atoms with Crippen molar-refractivity contribution < 1.29 is 0 Å². The molecule has 19 heavy (non-hydrogen) atoms. The number of fused-ring (bicyclic) bond motifs is 1. The third-order valence-corrected chi connectivity index (χ3v) is 4.52. The number of rotatable bonds is 2. The lowest BCUT2D eigenvalue weighted by Crippen LogP contribution is -2.38. The topological polar surface area (TPSA) is 24.1 Å². The molecular formula is C16H22N2S. The molecule has 2 aliphatic rings. The zero-order valence-electron chi connectivity index (χ0n) is 11.4. The summed E-state index contributed by atoms with van der Waals surface area (Å²) in [5.74, 6) is 0. The minimum atomic E-state index is 0.572. The molecule has 0 amide bonds. The van der Waals surface area contributed by atoms with Crippen LogP contribution in [-0.2, 0) is 12.8 Å². The maximum atomic E-state index is 5.42. The maximum absolute atomic E-state index is 5.42. The second kappa shape index (κ2) is 5.91. The zero-order chi connectivity index (χ0) is 13.1. The highest BCUT2D eigenvalue weighted by Crippen LogP contribution is 2.25. The summed E-state index contributed by atoms with van der Waals surface area (Å²) >= 11 is 5.42. The largest absolute Gasteiger partial charge is 0.360 e. The third-order valence-electron chi connectivity index (χ3n) is 4.30. The first kappa shape index (κ1) is 12.9. The first-order chi connectivity index (χ1) is 9.31. The fraction of sp³-hybridized carbons (Fsp3) is 0.562. The third kappa shape index (κ3) is 3.27. The summed E-state index contributed by atoms with van der Waals surface area (Å²) in [6.07, 6.45) is 10.3. The Balaban J connectivity index is 1.56. The SMILES string of the molecule is S=C(Nc1ccc2c(c1)CCC2)NC1CCCCC1. The second-order valence-electron chi connectivity index (χ2n) is 5.77. The molecular weight excluding hydrogens is 252 g/mol. The van der Waals surface area contributed by atoms with Crippen molar-refractivity contribution in [2.75, 3.05) is 5.32 Å². The lowest BCUT2D eigenvalue weighted by molar-refractivity contribution is 0.415. The van der Waals surface area contributed by atoms with Gasteiger partial charge in [-0.3, -0.25) is 0 Å². The van der Waals surface area contributed by atoms with Gasteiger partial charge >= 0.3 is 0 Å². The normalized spacial score (nSPS) is 18.9. The van der Waals surface area contributed by atoms with E-state index in [0.29, 0.717) is 6.04 Å². The maximum Gasteiger partial charge on any atom is 0.170 e. The summed E-state index contributed by atoms with van der Waals surface area (Å²) < 4.78 is 0. The van der Waals surface area contributed by atoms with Crippen molar-refractivity contribution in [1.82, 2.24) is 5.32 Å². The van der Waals surface area contributed by atoms with Crippen molar-refractivity contribution >= 4 is 23.0 Å². The summed E-state index contributed by atoms with van der Waals surface area (Å²) in [6.45, 7) is 0. The highest BCUT2D eigenvalue weighted by atomic mass is 32.1. The number of nitrogens with one attached hydrogen (secondary N) is 2. The molecule has 0 radical (unpaired) electrons. The van der Waals surface area contributed by atoms with Gasteiger partial charge in [-0.2, -0.15) is 0 Å². The van der Waals surface area contributed by atoms with Crippen LogP contribution in [0.4, 0.5) is 5.69 Å². The Labute approximate surface area is 121 Å². The van der Waals surface area contributed by atoms with Crippen LogP contribution >= 0.6 is 12.2 Å². The molecule has 0 saturated heterocycles. The van der Waals surface area contributed by atoms with E-state index in [-0.39, 0.29) is 0 Å². The first-order valence-corrected chi connectivity index (χ1v) is 7.91. The molecule has 2 aliphatic carbocycles. The predicted octanol–water partition coefficient (Wildman–Crippen LogP) is 3.79. The lowest BCUT2D eigenvalue weighted by Gasteiger charge is -2.24. The average Bonchev–Trinajstić information content (AvgIpc) is 2.87. The number of benzene rings is 1. The summed E-state index contributed by atoms with van der Waals surface area (Å²) in [5.41, 5.74) is 4.14. The molecule has 3 rings (SSSR count). The molecule has 1 aromatic carbocycles. The molecule has 102 valence electrons. The van der Waals surface area contributed by atoms with E-state index >= 15 is 0 Å². The highest BCUT2D eigenvalue weighted by molar-refractivity contribution is 7.80. The summed E-state index contributed by atoms with van der Waals surface area (Å²) in [7, 11) is 0. The van der Waals surface area contributed by atoms with Crippen LogP contribution in [0.15, 0.2) is 18.2 Å². The molecule has 1 aromatic rings.